The standard InChI is InChI=1S/C16H24FNO2/c1-16(2,3)9-11-18(4)15(19)13-7-5-6-8-14(13)20-12-10-17/h5-8H,9-12H2,1-4H3. The van der Waals surface area contributed by atoms with Gasteiger partial charge in [0.1, 0.15) is 19.0 Å². The molecule has 3 nitrogen and oxygen atoms in total. The lowest BCUT2D eigenvalue weighted by atomic mass is 9.92. The van der Waals surface area contributed by atoms with Crippen molar-refractivity contribution in [1.82, 2.24) is 4.90 Å². The smallest absolute Gasteiger partial charge is 0.257 e. The minimum absolute atomic E-state index is 0.0317. The molecule has 1 aromatic rings. The third-order valence-corrected chi connectivity index (χ3v) is 3.00. The fourth-order valence-corrected chi connectivity index (χ4v) is 1.73. The maximum atomic E-state index is 12.4. The Kier molecular flexibility index (Phi) is 5.99. The SMILES string of the molecule is CN(CCC(C)(C)C)C(=O)c1ccccc1OCCF. The number of ether oxygens (including phenoxy) is 1. The van der Waals surface area contributed by atoms with E-state index in [0.717, 1.165) is 6.42 Å². The lowest BCUT2D eigenvalue weighted by Crippen LogP contribution is -2.30. The van der Waals surface area contributed by atoms with E-state index in [2.05, 4.69) is 20.8 Å². The Bertz CT molecular complexity index is 440. The minimum atomic E-state index is -0.567. The molecule has 1 aromatic carbocycles. The zero-order valence-corrected chi connectivity index (χ0v) is 12.8. The number of carbonyl (C=O) groups is 1. The highest BCUT2D eigenvalue weighted by atomic mass is 19.1. The molecule has 0 aliphatic rings. The largest absolute Gasteiger partial charge is 0.490 e. The number of hydrogen-bond donors (Lipinski definition) is 0. The molecule has 0 atom stereocenters. The predicted octanol–water partition coefficient (Wildman–Crippen LogP) is 3.54. The minimum Gasteiger partial charge on any atom is -0.490 e. The van der Waals surface area contributed by atoms with Crippen LogP contribution in [0.4, 0.5) is 4.39 Å². The molecule has 4 heteroatoms. The van der Waals surface area contributed by atoms with E-state index in [9.17, 15) is 9.18 Å². The van der Waals surface area contributed by atoms with E-state index in [0.29, 0.717) is 17.9 Å². The monoisotopic (exact) mass is 281 g/mol. The quantitative estimate of drug-likeness (QED) is 0.798. The van der Waals surface area contributed by atoms with Crippen molar-refractivity contribution in [2.75, 3.05) is 26.9 Å². The molecule has 0 bridgehead atoms. The molecule has 0 spiro atoms. The Hall–Kier alpha value is -1.58. The molecular formula is C16H24FNO2. The van der Waals surface area contributed by atoms with Crippen LogP contribution in [0, 0.1) is 5.41 Å². The van der Waals surface area contributed by atoms with Gasteiger partial charge in [-0.05, 0) is 24.0 Å². The number of nitrogens with zero attached hydrogens (tertiary/aromatic N) is 1. The number of amides is 1. The molecule has 0 saturated heterocycles. The summed E-state index contributed by atoms with van der Waals surface area (Å²) < 4.78 is 17.5. The van der Waals surface area contributed by atoms with Crippen LogP contribution in [0.2, 0.25) is 0 Å². The summed E-state index contributed by atoms with van der Waals surface area (Å²) in [7, 11) is 1.78. The Morgan fingerprint density at radius 3 is 2.55 bits per heavy atom. The molecule has 1 rings (SSSR count). The molecule has 0 aliphatic heterocycles. The number of para-hydroxylation sites is 1. The molecule has 0 aromatic heterocycles. The van der Waals surface area contributed by atoms with Crippen molar-refractivity contribution >= 4 is 5.91 Å². The first kappa shape index (κ1) is 16.5. The van der Waals surface area contributed by atoms with E-state index in [1.54, 1.807) is 36.2 Å². The first-order valence-electron chi connectivity index (χ1n) is 6.88. The molecular weight excluding hydrogens is 257 g/mol. The van der Waals surface area contributed by atoms with Gasteiger partial charge in [-0.25, -0.2) is 4.39 Å². The highest BCUT2D eigenvalue weighted by Crippen LogP contribution is 2.22. The van der Waals surface area contributed by atoms with Crippen molar-refractivity contribution in [2.45, 2.75) is 27.2 Å². The molecule has 0 radical (unpaired) electrons. The van der Waals surface area contributed by atoms with Crippen LogP contribution in [0.5, 0.6) is 5.75 Å². The molecule has 0 aliphatic carbocycles. The number of hydrogen-bond acceptors (Lipinski definition) is 2. The summed E-state index contributed by atoms with van der Waals surface area (Å²) in [6, 6.07) is 6.97. The van der Waals surface area contributed by atoms with E-state index in [4.69, 9.17) is 4.74 Å². The first-order chi connectivity index (χ1) is 9.35. The zero-order chi connectivity index (χ0) is 15.2. The summed E-state index contributed by atoms with van der Waals surface area (Å²) in [6.45, 7) is 6.51. The lowest BCUT2D eigenvalue weighted by molar-refractivity contribution is 0.0775. The first-order valence-corrected chi connectivity index (χ1v) is 6.88. The fraction of sp³-hybridized carbons (Fsp3) is 0.562. The summed E-state index contributed by atoms with van der Waals surface area (Å²) in [6.07, 6.45) is 0.919. The lowest BCUT2D eigenvalue weighted by Gasteiger charge is -2.24. The van der Waals surface area contributed by atoms with E-state index in [1.165, 1.54) is 0 Å². The van der Waals surface area contributed by atoms with Gasteiger partial charge < -0.3 is 9.64 Å². The van der Waals surface area contributed by atoms with Gasteiger partial charge in [-0.1, -0.05) is 32.9 Å². The highest BCUT2D eigenvalue weighted by Gasteiger charge is 2.18. The number of carbonyl (C=O) groups excluding carboxylic acids is 1. The molecule has 0 heterocycles. The second-order valence-corrected chi connectivity index (χ2v) is 6.07. The van der Waals surface area contributed by atoms with Gasteiger partial charge in [0, 0.05) is 13.6 Å². The van der Waals surface area contributed by atoms with Crippen LogP contribution < -0.4 is 4.74 Å². The third kappa shape index (κ3) is 5.19. The molecule has 0 fully saturated rings. The predicted molar refractivity (Wildman–Crippen MR) is 78.9 cm³/mol. The van der Waals surface area contributed by atoms with Gasteiger partial charge in [-0.15, -0.1) is 0 Å². The topological polar surface area (TPSA) is 29.5 Å². The average molecular weight is 281 g/mol. The van der Waals surface area contributed by atoms with Gasteiger partial charge in [0.2, 0.25) is 0 Å². The number of benzene rings is 1. The molecule has 0 unspecified atom stereocenters. The fourth-order valence-electron chi connectivity index (χ4n) is 1.73. The van der Waals surface area contributed by atoms with E-state index >= 15 is 0 Å². The van der Waals surface area contributed by atoms with Gasteiger partial charge in [0.25, 0.3) is 5.91 Å². The van der Waals surface area contributed by atoms with Crippen LogP contribution in [0.15, 0.2) is 24.3 Å². The molecule has 0 saturated carbocycles. The van der Waals surface area contributed by atoms with Crippen LogP contribution in [-0.4, -0.2) is 37.7 Å². The van der Waals surface area contributed by atoms with Gasteiger partial charge in [0.15, 0.2) is 0 Å². The number of rotatable bonds is 6. The van der Waals surface area contributed by atoms with Crippen molar-refractivity contribution in [3.8, 4) is 5.75 Å². The van der Waals surface area contributed by atoms with Crippen molar-refractivity contribution in [3.63, 3.8) is 0 Å². The summed E-state index contributed by atoms with van der Waals surface area (Å²) in [4.78, 5) is 14.1. The van der Waals surface area contributed by atoms with Crippen molar-refractivity contribution in [1.29, 1.82) is 0 Å². The number of halogens is 1. The van der Waals surface area contributed by atoms with Gasteiger partial charge in [-0.2, -0.15) is 0 Å². The zero-order valence-electron chi connectivity index (χ0n) is 12.8. The van der Waals surface area contributed by atoms with Gasteiger partial charge in [0.05, 0.1) is 5.56 Å². The Morgan fingerprint density at radius 1 is 1.30 bits per heavy atom. The summed E-state index contributed by atoms with van der Waals surface area (Å²) in [5.41, 5.74) is 0.663. The highest BCUT2D eigenvalue weighted by molar-refractivity contribution is 5.96. The third-order valence-electron chi connectivity index (χ3n) is 3.00. The maximum Gasteiger partial charge on any atom is 0.257 e. The summed E-state index contributed by atoms with van der Waals surface area (Å²) in [5, 5.41) is 0. The van der Waals surface area contributed by atoms with E-state index < -0.39 is 6.67 Å². The van der Waals surface area contributed by atoms with E-state index in [-0.39, 0.29) is 17.9 Å². The Morgan fingerprint density at radius 2 is 1.95 bits per heavy atom. The summed E-state index contributed by atoms with van der Waals surface area (Å²) >= 11 is 0. The van der Waals surface area contributed by atoms with Crippen LogP contribution >= 0.6 is 0 Å². The molecule has 0 N–H and O–H groups in total. The Labute approximate surface area is 120 Å². The van der Waals surface area contributed by atoms with Crippen LogP contribution in [-0.2, 0) is 0 Å². The van der Waals surface area contributed by atoms with Crippen molar-refractivity contribution < 1.29 is 13.9 Å². The second-order valence-electron chi connectivity index (χ2n) is 6.07. The Balaban J connectivity index is 2.75. The summed E-state index contributed by atoms with van der Waals surface area (Å²) in [5.74, 6) is 0.349. The molecule has 1 amide bonds. The van der Waals surface area contributed by atoms with Crippen LogP contribution in [0.1, 0.15) is 37.6 Å². The number of alkyl halides is 1. The van der Waals surface area contributed by atoms with Crippen LogP contribution in [0.3, 0.4) is 0 Å². The van der Waals surface area contributed by atoms with Crippen LogP contribution in [0.25, 0.3) is 0 Å². The second kappa shape index (κ2) is 7.27. The van der Waals surface area contributed by atoms with E-state index in [1.807, 2.05) is 0 Å². The van der Waals surface area contributed by atoms with Gasteiger partial charge in [-0.3, -0.25) is 4.79 Å². The average Bonchev–Trinajstić information content (AvgIpc) is 2.41. The van der Waals surface area contributed by atoms with Crippen molar-refractivity contribution in [3.05, 3.63) is 29.8 Å². The molecule has 20 heavy (non-hydrogen) atoms. The molecule has 112 valence electrons. The maximum absolute atomic E-state index is 12.4. The normalized spacial score (nSPS) is 11.2. The van der Waals surface area contributed by atoms with Gasteiger partial charge >= 0.3 is 0 Å². The van der Waals surface area contributed by atoms with Crippen molar-refractivity contribution in [2.24, 2.45) is 5.41 Å².